The van der Waals surface area contributed by atoms with E-state index in [2.05, 4.69) is 25.9 Å². The summed E-state index contributed by atoms with van der Waals surface area (Å²) in [5.41, 5.74) is 0.343. The van der Waals surface area contributed by atoms with Gasteiger partial charge in [0.2, 0.25) is 0 Å². The summed E-state index contributed by atoms with van der Waals surface area (Å²) < 4.78 is 0. The Morgan fingerprint density at radius 1 is 1.40 bits per heavy atom. The summed E-state index contributed by atoms with van der Waals surface area (Å²) in [4.78, 5) is 24.3. The molecule has 0 fully saturated rings. The van der Waals surface area contributed by atoms with Crippen molar-refractivity contribution in [2.75, 3.05) is 11.9 Å². The molecule has 0 atom stereocenters. The third-order valence-corrected chi connectivity index (χ3v) is 2.59. The predicted molar refractivity (Wildman–Crippen MR) is 68.2 cm³/mol. The molecule has 2 aromatic rings. The molecular weight excluding hydrogens is 264 g/mol. The number of aromatic carboxylic acids is 1. The predicted octanol–water partition coefficient (Wildman–Crippen LogP) is 0.244. The third kappa shape index (κ3) is 2.88. The van der Waals surface area contributed by atoms with E-state index in [9.17, 15) is 9.59 Å². The van der Waals surface area contributed by atoms with E-state index >= 15 is 0 Å². The molecule has 0 aliphatic carbocycles. The maximum absolute atomic E-state index is 11.9. The van der Waals surface area contributed by atoms with Crippen LogP contribution in [0.4, 0.5) is 10.5 Å². The van der Waals surface area contributed by atoms with Gasteiger partial charge < -0.3 is 10.4 Å². The van der Waals surface area contributed by atoms with E-state index < -0.39 is 12.0 Å². The number of nitrogens with one attached hydrogen (secondary N) is 2. The molecule has 2 amide bonds. The number of hydrogen-bond acceptors (Lipinski definition) is 5. The highest BCUT2D eigenvalue weighted by molar-refractivity contribution is 6.01. The standard InChI is InChI=1S/C11H12N6O3/c1-17(8-5-3-2-4-7(8)10(18)19)11(20)12-6-9-13-15-16-14-9/h2-5H,6H2,1H3,(H,12,20)(H,18,19)(H,13,14,15,16). The number of carboxylic acid groups (broad SMARTS) is 1. The highest BCUT2D eigenvalue weighted by atomic mass is 16.4. The lowest BCUT2D eigenvalue weighted by Gasteiger charge is -2.19. The van der Waals surface area contributed by atoms with Gasteiger partial charge in [-0.15, -0.1) is 10.2 Å². The summed E-state index contributed by atoms with van der Waals surface area (Å²) in [5, 5.41) is 24.7. The first-order valence-corrected chi connectivity index (χ1v) is 5.66. The number of anilines is 1. The summed E-state index contributed by atoms with van der Waals surface area (Å²) in [7, 11) is 1.48. The number of H-pyrrole nitrogens is 1. The molecule has 0 unspecified atom stereocenters. The molecule has 1 heterocycles. The summed E-state index contributed by atoms with van der Waals surface area (Å²) >= 11 is 0. The highest BCUT2D eigenvalue weighted by Gasteiger charge is 2.17. The quantitative estimate of drug-likeness (QED) is 0.735. The van der Waals surface area contributed by atoms with Gasteiger partial charge >= 0.3 is 12.0 Å². The number of carboxylic acids is 1. The van der Waals surface area contributed by atoms with Crippen molar-refractivity contribution in [3.8, 4) is 0 Å². The average molecular weight is 276 g/mol. The van der Waals surface area contributed by atoms with E-state index in [4.69, 9.17) is 5.11 Å². The molecule has 0 aliphatic heterocycles. The maximum Gasteiger partial charge on any atom is 0.337 e. The number of nitrogens with zero attached hydrogens (tertiary/aromatic N) is 4. The Labute approximate surface area is 113 Å². The Hall–Kier alpha value is -2.97. The van der Waals surface area contributed by atoms with Gasteiger partial charge in [-0.05, 0) is 12.1 Å². The van der Waals surface area contributed by atoms with Crippen LogP contribution in [0.3, 0.4) is 0 Å². The number of urea groups is 1. The Balaban J connectivity index is 2.08. The molecule has 3 N–H and O–H groups in total. The number of carbonyl (C=O) groups is 2. The number of tetrazole rings is 1. The largest absolute Gasteiger partial charge is 0.478 e. The molecule has 0 aliphatic rings. The summed E-state index contributed by atoms with van der Waals surface area (Å²) in [6.45, 7) is 0.0922. The van der Waals surface area contributed by atoms with Crippen LogP contribution in [0.5, 0.6) is 0 Å². The van der Waals surface area contributed by atoms with E-state index in [0.29, 0.717) is 11.5 Å². The van der Waals surface area contributed by atoms with Crippen LogP contribution in [0.2, 0.25) is 0 Å². The van der Waals surface area contributed by atoms with Gasteiger partial charge in [0.25, 0.3) is 0 Å². The Kier molecular flexibility index (Phi) is 3.89. The number of hydrogen-bond donors (Lipinski definition) is 3. The van der Waals surface area contributed by atoms with Gasteiger partial charge in [-0.1, -0.05) is 17.3 Å². The number of carbonyl (C=O) groups excluding carboxylic acids is 1. The van der Waals surface area contributed by atoms with Crippen molar-refractivity contribution in [2.24, 2.45) is 0 Å². The molecule has 9 nitrogen and oxygen atoms in total. The van der Waals surface area contributed by atoms with Crippen LogP contribution in [0.1, 0.15) is 16.2 Å². The molecule has 0 bridgehead atoms. The molecule has 20 heavy (non-hydrogen) atoms. The molecule has 9 heteroatoms. The number of para-hydroxylation sites is 1. The number of aromatic amines is 1. The number of benzene rings is 1. The lowest BCUT2D eigenvalue weighted by atomic mass is 10.1. The van der Waals surface area contributed by atoms with Gasteiger partial charge in [0.05, 0.1) is 17.8 Å². The first-order valence-electron chi connectivity index (χ1n) is 5.66. The number of aromatic nitrogens is 4. The summed E-state index contributed by atoms with van der Waals surface area (Å²) in [6.07, 6.45) is 0. The van der Waals surface area contributed by atoms with Gasteiger partial charge in [0.15, 0.2) is 5.82 Å². The normalized spacial score (nSPS) is 10.1. The van der Waals surface area contributed by atoms with Crippen molar-refractivity contribution in [3.05, 3.63) is 35.7 Å². The Morgan fingerprint density at radius 2 is 2.15 bits per heavy atom. The zero-order valence-corrected chi connectivity index (χ0v) is 10.6. The molecule has 1 aromatic heterocycles. The van der Waals surface area contributed by atoms with E-state index in [-0.39, 0.29) is 12.1 Å². The first kappa shape index (κ1) is 13.5. The Morgan fingerprint density at radius 3 is 2.80 bits per heavy atom. The van der Waals surface area contributed by atoms with E-state index in [1.165, 1.54) is 18.0 Å². The average Bonchev–Trinajstić information content (AvgIpc) is 2.97. The van der Waals surface area contributed by atoms with Crippen LogP contribution in [0.15, 0.2) is 24.3 Å². The second-order valence-electron chi connectivity index (χ2n) is 3.87. The smallest absolute Gasteiger partial charge is 0.337 e. The minimum absolute atomic E-state index is 0.0460. The molecular formula is C11H12N6O3. The summed E-state index contributed by atoms with van der Waals surface area (Å²) in [6, 6.07) is 5.77. The Bertz CT molecular complexity index is 612. The van der Waals surface area contributed by atoms with Crippen molar-refractivity contribution in [3.63, 3.8) is 0 Å². The second-order valence-corrected chi connectivity index (χ2v) is 3.87. The van der Waals surface area contributed by atoms with E-state index in [1.54, 1.807) is 18.2 Å². The van der Waals surface area contributed by atoms with Gasteiger partial charge in [-0.25, -0.2) is 9.59 Å². The molecule has 0 saturated heterocycles. The molecule has 0 spiro atoms. The zero-order valence-electron chi connectivity index (χ0n) is 10.6. The lowest BCUT2D eigenvalue weighted by molar-refractivity contribution is 0.0697. The summed E-state index contributed by atoms with van der Waals surface area (Å²) in [5.74, 6) is -0.767. The lowest BCUT2D eigenvalue weighted by Crippen LogP contribution is -2.37. The topological polar surface area (TPSA) is 124 Å². The SMILES string of the molecule is CN(C(=O)NCc1nn[nH]n1)c1ccccc1C(=O)O. The highest BCUT2D eigenvalue weighted by Crippen LogP contribution is 2.19. The van der Waals surface area contributed by atoms with Gasteiger partial charge in [-0.2, -0.15) is 5.21 Å². The molecule has 2 rings (SSSR count). The van der Waals surface area contributed by atoms with Crippen LogP contribution < -0.4 is 10.2 Å². The number of amides is 2. The van der Waals surface area contributed by atoms with Crippen molar-refractivity contribution in [1.82, 2.24) is 25.9 Å². The zero-order chi connectivity index (χ0) is 14.5. The maximum atomic E-state index is 11.9. The minimum Gasteiger partial charge on any atom is -0.478 e. The van der Waals surface area contributed by atoms with Crippen molar-refractivity contribution < 1.29 is 14.7 Å². The fourth-order valence-corrected chi connectivity index (χ4v) is 1.59. The van der Waals surface area contributed by atoms with Crippen LogP contribution in [0, 0.1) is 0 Å². The fraction of sp³-hybridized carbons (Fsp3) is 0.182. The first-order chi connectivity index (χ1) is 9.59. The van der Waals surface area contributed by atoms with E-state index in [0.717, 1.165) is 0 Å². The minimum atomic E-state index is -1.10. The van der Waals surface area contributed by atoms with Gasteiger partial charge in [0.1, 0.15) is 0 Å². The fourth-order valence-electron chi connectivity index (χ4n) is 1.59. The molecule has 104 valence electrons. The van der Waals surface area contributed by atoms with Crippen LogP contribution in [-0.2, 0) is 6.54 Å². The van der Waals surface area contributed by atoms with Crippen LogP contribution in [-0.4, -0.2) is 44.8 Å². The monoisotopic (exact) mass is 276 g/mol. The van der Waals surface area contributed by atoms with Crippen molar-refractivity contribution in [1.29, 1.82) is 0 Å². The number of rotatable bonds is 4. The molecule has 0 radical (unpaired) electrons. The third-order valence-electron chi connectivity index (χ3n) is 2.59. The van der Waals surface area contributed by atoms with Crippen LogP contribution >= 0.6 is 0 Å². The van der Waals surface area contributed by atoms with Gasteiger partial charge in [-0.3, -0.25) is 4.90 Å². The van der Waals surface area contributed by atoms with Gasteiger partial charge in [0, 0.05) is 7.05 Å². The second kappa shape index (κ2) is 5.78. The van der Waals surface area contributed by atoms with E-state index in [1.807, 2.05) is 0 Å². The molecule has 0 saturated carbocycles. The van der Waals surface area contributed by atoms with Crippen molar-refractivity contribution >= 4 is 17.7 Å². The van der Waals surface area contributed by atoms with Crippen LogP contribution in [0.25, 0.3) is 0 Å². The molecule has 1 aromatic carbocycles. The van der Waals surface area contributed by atoms with Crippen molar-refractivity contribution in [2.45, 2.75) is 6.54 Å².